The average Bonchev–Trinajstić information content (AvgIpc) is 3.14. The first kappa shape index (κ1) is 21.3. The highest BCUT2D eigenvalue weighted by molar-refractivity contribution is 5.79. The van der Waals surface area contributed by atoms with Crippen molar-refractivity contribution in [1.29, 1.82) is 0 Å². The molecule has 2 aliphatic rings. The molecule has 6 heteroatoms. The lowest BCUT2D eigenvalue weighted by atomic mass is 9.98. The Morgan fingerprint density at radius 3 is 2.74 bits per heavy atom. The fourth-order valence-corrected chi connectivity index (χ4v) is 4.81. The lowest BCUT2D eigenvalue weighted by Crippen LogP contribution is -2.43. The standard InChI is InChI=1S/C25H29FN2O3/c1-31-22-9-3-5-18(14-22)11-12-24(29)27-16-20-7-4-10-25(30)28(23(20)17-27)15-19-6-2-8-21(26)13-19/h2-3,5-6,8-9,13-14,20,23H,4,7,10-12,15-17H2,1H3. The van der Waals surface area contributed by atoms with Gasteiger partial charge in [-0.05, 0) is 60.6 Å². The molecule has 0 bridgehead atoms. The van der Waals surface area contributed by atoms with Crippen LogP contribution in [0.25, 0.3) is 0 Å². The van der Waals surface area contributed by atoms with E-state index in [0.717, 1.165) is 29.7 Å². The number of amides is 2. The summed E-state index contributed by atoms with van der Waals surface area (Å²) in [5, 5.41) is 0. The Morgan fingerprint density at radius 2 is 1.94 bits per heavy atom. The van der Waals surface area contributed by atoms with Gasteiger partial charge in [0, 0.05) is 32.5 Å². The van der Waals surface area contributed by atoms with Crippen LogP contribution in [0.3, 0.4) is 0 Å². The summed E-state index contributed by atoms with van der Waals surface area (Å²) < 4.78 is 18.9. The summed E-state index contributed by atoms with van der Waals surface area (Å²) in [6, 6.07) is 14.2. The zero-order valence-corrected chi connectivity index (χ0v) is 17.9. The normalized spacial score (nSPS) is 21.0. The van der Waals surface area contributed by atoms with Gasteiger partial charge < -0.3 is 14.5 Å². The predicted octanol–water partition coefficient (Wildman–Crippen LogP) is 3.81. The van der Waals surface area contributed by atoms with E-state index in [4.69, 9.17) is 4.74 Å². The molecule has 0 N–H and O–H groups in total. The summed E-state index contributed by atoms with van der Waals surface area (Å²) in [7, 11) is 1.63. The van der Waals surface area contributed by atoms with Gasteiger partial charge in [0.1, 0.15) is 11.6 Å². The van der Waals surface area contributed by atoms with E-state index in [9.17, 15) is 14.0 Å². The molecule has 0 spiro atoms. The van der Waals surface area contributed by atoms with Crippen LogP contribution in [0.1, 0.15) is 36.8 Å². The van der Waals surface area contributed by atoms with Gasteiger partial charge in [-0.25, -0.2) is 4.39 Å². The third-order valence-corrected chi connectivity index (χ3v) is 6.45. The molecule has 0 radical (unpaired) electrons. The van der Waals surface area contributed by atoms with Crippen LogP contribution in [0, 0.1) is 11.7 Å². The van der Waals surface area contributed by atoms with Gasteiger partial charge >= 0.3 is 0 Å². The Kier molecular flexibility index (Phi) is 6.54. The molecule has 4 rings (SSSR count). The molecule has 0 aliphatic carbocycles. The maximum atomic E-state index is 13.6. The van der Waals surface area contributed by atoms with Gasteiger partial charge in [-0.1, -0.05) is 24.3 Å². The fourth-order valence-electron chi connectivity index (χ4n) is 4.81. The molecule has 2 aromatic rings. The molecule has 2 saturated heterocycles. The second-order valence-electron chi connectivity index (χ2n) is 8.52. The first-order valence-electron chi connectivity index (χ1n) is 11.0. The van der Waals surface area contributed by atoms with Crippen LogP contribution in [0.5, 0.6) is 5.75 Å². The Labute approximate surface area is 182 Å². The molecule has 2 fully saturated rings. The number of halogens is 1. The van der Waals surface area contributed by atoms with Crippen LogP contribution in [0.2, 0.25) is 0 Å². The monoisotopic (exact) mass is 424 g/mol. The average molecular weight is 425 g/mol. The van der Waals surface area contributed by atoms with Gasteiger partial charge in [0.25, 0.3) is 0 Å². The van der Waals surface area contributed by atoms with Gasteiger partial charge in [-0.3, -0.25) is 9.59 Å². The maximum absolute atomic E-state index is 13.6. The van der Waals surface area contributed by atoms with Crippen molar-refractivity contribution >= 4 is 11.8 Å². The minimum Gasteiger partial charge on any atom is -0.497 e. The van der Waals surface area contributed by atoms with E-state index in [-0.39, 0.29) is 29.6 Å². The van der Waals surface area contributed by atoms with Crippen molar-refractivity contribution in [3.05, 3.63) is 65.5 Å². The van der Waals surface area contributed by atoms with Crippen molar-refractivity contribution in [2.45, 2.75) is 44.7 Å². The molecule has 2 amide bonds. The van der Waals surface area contributed by atoms with Crippen molar-refractivity contribution in [2.75, 3.05) is 20.2 Å². The summed E-state index contributed by atoms with van der Waals surface area (Å²) in [6.07, 6.45) is 3.39. The smallest absolute Gasteiger partial charge is 0.223 e. The van der Waals surface area contributed by atoms with Crippen LogP contribution < -0.4 is 4.74 Å². The lowest BCUT2D eigenvalue weighted by molar-refractivity contribution is -0.135. The van der Waals surface area contributed by atoms with E-state index in [0.29, 0.717) is 38.9 Å². The molecule has 2 aliphatic heterocycles. The van der Waals surface area contributed by atoms with Gasteiger partial charge in [-0.2, -0.15) is 0 Å². The van der Waals surface area contributed by atoms with Crippen molar-refractivity contribution in [2.24, 2.45) is 5.92 Å². The van der Waals surface area contributed by atoms with Crippen LogP contribution in [0.4, 0.5) is 4.39 Å². The van der Waals surface area contributed by atoms with Crippen LogP contribution in [-0.4, -0.2) is 47.9 Å². The highest BCUT2D eigenvalue weighted by Gasteiger charge is 2.41. The number of likely N-dealkylation sites (tertiary alicyclic amines) is 2. The Bertz CT molecular complexity index is 948. The third kappa shape index (κ3) is 5.06. The number of hydrogen-bond acceptors (Lipinski definition) is 3. The number of fused-ring (bicyclic) bond motifs is 1. The number of carbonyl (C=O) groups is 2. The quantitative estimate of drug-likeness (QED) is 0.709. The topological polar surface area (TPSA) is 49.9 Å². The lowest BCUT2D eigenvalue weighted by Gasteiger charge is -2.30. The van der Waals surface area contributed by atoms with E-state index < -0.39 is 0 Å². The van der Waals surface area contributed by atoms with Crippen LogP contribution in [0.15, 0.2) is 48.5 Å². The molecule has 2 heterocycles. The molecule has 2 atom stereocenters. The maximum Gasteiger partial charge on any atom is 0.223 e. The molecule has 2 aromatic carbocycles. The Balaban J connectivity index is 1.42. The molecule has 31 heavy (non-hydrogen) atoms. The van der Waals surface area contributed by atoms with Crippen molar-refractivity contribution in [3.63, 3.8) is 0 Å². The molecule has 0 saturated carbocycles. The van der Waals surface area contributed by atoms with E-state index in [1.165, 1.54) is 12.1 Å². The van der Waals surface area contributed by atoms with Gasteiger partial charge in [0.05, 0.1) is 13.2 Å². The number of methoxy groups -OCH3 is 1. The van der Waals surface area contributed by atoms with Crippen molar-refractivity contribution < 1.29 is 18.7 Å². The van der Waals surface area contributed by atoms with E-state index in [2.05, 4.69) is 0 Å². The minimum absolute atomic E-state index is 0.000892. The molecule has 0 aromatic heterocycles. The van der Waals surface area contributed by atoms with Crippen LogP contribution in [-0.2, 0) is 22.6 Å². The third-order valence-electron chi connectivity index (χ3n) is 6.45. The summed E-state index contributed by atoms with van der Waals surface area (Å²) >= 11 is 0. The fraction of sp³-hybridized carbons (Fsp3) is 0.440. The SMILES string of the molecule is COc1cccc(CCC(=O)N2CC3CCCC(=O)N(Cc4cccc(F)c4)C3C2)c1. The number of rotatable bonds is 6. The van der Waals surface area contributed by atoms with E-state index in [1.54, 1.807) is 13.2 Å². The minimum atomic E-state index is -0.294. The van der Waals surface area contributed by atoms with Crippen molar-refractivity contribution in [3.8, 4) is 5.75 Å². The number of ether oxygens (including phenoxy) is 1. The summed E-state index contributed by atoms with van der Waals surface area (Å²) in [5.41, 5.74) is 1.86. The zero-order chi connectivity index (χ0) is 21.8. The van der Waals surface area contributed by atoms with Crippen LogP contribution >= 0.6 is 0 Å². The summed E-state index contributed by atoms with van der Waals surface area (Å²) in [4.78, 5) is 29.5. The van der Waals surface area contributed by atoms with E-state index >= 15 is 0 Å². The molecule has 5 nitrogen and oxygen atoms in total. The first-order valence-corrected chi connectivity index (χ1v) is 11.0. The van der Waals surface area contributed by atoms with Gasteiger partial charge in [0.15, 0.2) is 0 Å². The predicted molar refractivity (Wildman–Crippen MR) is 116 cm³/mol. The molecular formula is C25H29FN2O3. The largest absolute Gasteiger partial charge is 0.497 e. The summed E-state index contributed by atoms with van der Waals surface area (Å²) in [5.74, 6) is 0.995. The molecular weight excluding hydrogens is 395 g/mol. The van der Waals surface area contributed by atoms with Crippen molar-refractivity contribution in [1.82, 2.24) is 9.80 Å². The molecule has 164 valence electrons. The Morgan fingerprint density at radius 1 is 1.13 bits per heavy atom. The number of hydrogen-bond donors (Lipinski definition) is 0. The Hall–Kier alpha value is -2.89. The number of carbonyl (C=O) groups excluding carboxylic acids is 2. The highest BCUT2D eigenvalue weighted by Crippen LogP contribution is 2.32. The second-order valence-corrected chi connectivity index (χ2v) is 8.52. The molecule has 2 unspecified atom stereocenters. The van der Waals surface area contributed by atoms with Gasteiger partial charge in [-0.15, -0.1) is 0 Å². The zero-order valence-electron chi connectivity index (χ0n) is 17.9. The number of benzene rings is 2. The highest BCUT2D eigenvalue weighted by atomic mass is 19.1. The second kappa shape index (κ2) is 9.50. The van der Waals surface area contributed by atoms with E-state index in [1.807, 2.05) is 40.1 Å². The number of aryl methyl sites for hydroxylation is 1. The summed E-state index contributed by atoms with van der Waals surface area (Å²) in [6.45, 7) is 1.64. The van der Waals surface area contributed by atoms with Gasteiger partial charge in [0.2, 0.25) is 11.8 Å². The first-order chi connectivity index (χ1) is 15.0. The number of nitrogens with zero attached hydrogens (tertiary/aromatic N) is 2.